The highest BCUT2D eigenvalue weighted by Crippen LogP contribution is 2.19. The molecule has 0 aromatic rings. The van der Waals surface area contributed by atoms with Gasteiger partial charge in [-0.15, -0.1) is 0 Å². The molecule has 1 heterocycles. The van der Waals surface area contributed by atoms with E-state index >= 15 is 0 Å². The average Bonchev–Trinajstić information content (AvgIpc) is 2.32. The van der Waals surface area contributed by atoms with Crippen LogP contribution in [0.4, 0.5) is 8.78 Å². The number of hydrogen-bond donors (Lipinski definition) is 1. The van der Waals surface area contributed by atoms with Gasteiger partial charge in [-0.2, -0.15) is 8.78 Å². The predicted molar refractivity (Wildman–Crippen MR) is 37.8 cm³/mol. The molecule has 0 bridgehead atoms. The van der Waals surface area contributed by atoms with Gasteiger partial charge in [-0.25, -0.2) is 0 Å². The molecule has 0 aromatic heterocycles. The van der Waals surface area contributed by atoms with Crippen LogP contribution in [0.3, 0.4) is 0 Å². The number of carbonyl (C=O) groups is 1. The number of likely N-dealkylation sites (tertiary alicyclic amines) is 1. The van der Waals surface area contributed by atoms with Crippen LogP contribution in [0.25, 0.3) is 0 Å². The monoisotopic (exact) mass is 179 g/mol. The van der Waals surface area contributed by atoms with Crippen LogP contribution >= 0.6 is 0 Å². The van der Waals surface area contributed by atoms with Gasteiger partial charge in [-0.3, -0.25) is 4.79 Å². The summed E-state index contributed by atoms with van der Waals surface area (Å²) in [7, 11) is 0. The molecule has 0 radical (unpaired) electrons. The highest BCUT2D eigenvalue weighted by atomic mass is 19.3. The summed E-state index contributed by atoms with van der Waals surface area (Å²) in [5.74, 6) is -4.51. The minimum Gasteiger partial charge on any atom is -0.391 e. The molecule has 0 saturated carbocycles. The summed E-state index contributed by atoms with van der Waals surface area (Å²) in [5, 5.41) is 8.98. The molecule has 0 unspecified atom stereocenters. The zero-order chi connectivity index (χ0) is 9.35. The van der Waals surface area contributed by atoms with Crippen molar-refractivity contribution in [2.24, 2.45) is 0 Å². The van der Waals surface area contributed by atoms with Crippen molar-refractivity contribution >= 4 is 5.91 Å². The number of aliphatic hydroxyl groups is 1. The van der Waals surface area contributed by atoms with Crippen LogP contribution in [-0.4, -0.2) is 41.0 Å². The fourth-order valence-corrected chi connectivity index (χ4v) is 1.20. The Labute approximate surface area is 69.0 Å². The van der Waals surface area contributed by atoms with E-state index in [0.717, 1.165) is 4.90 Å². The van der Waals surface area contributed by atoms with Gasteiger partial charge < -0.3 is 10.0 Å². The first kappa shape index (κ1) is 9.38. The molecule has 70 valence electrons. The number of rotatable bonds is 1. The first-order valence-corrected chi connectivity index (χ1v) is 3.76. The topological polar surface area (TPSA) is 40.5 Å². The molecule has 1 aliphatic rings. The van der Waals surface area contributed by atoms with Gasteiger partial charge in [0.05, 0.1) is 6.10 Å². The van der Waals surface area contributed by atoms with Crippen molar-refractivity contribution in [2.75, 3.05) is 13.1 Å². The van der Waals surface area contributed by atoms with Crippen LogP contribution in [0.2, 0.25) is 0 Å². The van der Waals surface area contributed by atoms with Crippen LogP contribution in [0.5, 0.6) is 0 Å². The van der Waals surface area contributed by atoms with Gasteiger partial charge in [0.15, 0.2) is 0 Å². The predicted octanol–water partition coefficient (Wildman–Crippen LogP) is 0.235. The number of aliphatic hydroxyl groups excluding tert-OH is 1. The second-order valence-electron chi connectivity index (χ2n) is 3.08. The third kappa shape index (κ3) is 1.91. The molecule has 12 heavy (non-hydrogen) atoms. The minimum absolute atomic E-state index is 0.0300. The van der Waals surface area contributed by atoms with Crippen molar-refractivity contribution in [2.45, 2.75) is 25.4 Å². The molecule has 3 nitrogen and oxygen atoms in total. The van der Waals surface area contributed by atoms with Gasteiger partial charge in [-0.1, -0.05) is 0 Å². The number of carbonyl (C=O) groups excluding carboxylic acids is 1. The van der Waals surface area contributed by atoms with Crippen LogP contribution in [0, 0.1) is 0 Å². The van der Waals surface area contributed by atoms with E-state index in [0.29, 0.717) is 13.3 Å². The average molecular weight is 179 g/mol. The largest absolute Gasteiger partial charge is 0.391 e. The normalized spacial score (nSPS) is 24.7. The van der Waals surface area contributed by atoms with Crippen molar-refractivity contribution in [3.63, 3.8) is 0 Å². The maximum Gasteiger partial charge on any atom is 0.322 e. The second kappa shape index (κ2) is 2.97. The van der Waals surface area contributed by atoms with Crippen molar-refractivity contribution in [1.29, 1.82) is 0 Å². The molecular formula is C7H11F2NO2. The molecule has 0 aromatic carbocycles. The van der Waals surface area contributed by atoms with Crippen LogP contribution in [-0.2, 0) is 4.79 Å². The Kier molecular flexibility index (Phi) is 2.32. The number of β-amino-alcohol motifs (C(OH)–C–C–N with tert-alkyl or cyclic N) is 1. The summed E-state index contributed by atoms with van der Waals surface area (Å²) in [6.45, 7) is 0.825. The number of halogens is 2. The highest BCUT2D eigenvalue weighted by molar-refractivity contribution is 5.83. The van der Waals surface area contributed by atoms with E-state index in [1.165, 1.54) is 0 Å². The molecule has 0 spiro atoms. The Morgan fingerprint density at radius 3 is 2.58 bits per heavy atom. The Bertz CT molecular complexity index is 190. The van der Waals surface area contributed by atoms with E-state index in [-0.39, 0.29) is 13.1 Å². The summed E-state index contributed by atoms with van der Waals surface area (Å²) in [6, 6.07) is 0. The van der Waals surface area contributed by atoms with Crippen molar-refractivity contribution in [1.82, 2.24) is 4.90 Å². The maximum atomic E-state index is 12.4. The molecule has 1 N–H and O–H groups in total. The summed E-state index contributed by atoms with van der Waals surface area (Å²) in [6.07, 6.45) is -0.252. The molecular weight excluding hydrogens is 168 g/mol. The van der Waals surface area contributed by atoms with Gasteiger partial charge in [0.25, 0.3) is 5.91 Å². The van der Waals surface area contributed by atoms with Crippen LogP contribution in [0.15, 0.2) is 0 Å². The quantitative estimate of drug-likeness (QED) is 0.626. The van der Waals surface area contributed by atoms with Gasteiger partial charge in [0.1, 0.15) is 0 Å². The van der Waals surface area contributed by atoms with Gasteiger partial charge >= 0.3 is 5.92 Å². The van der Waals surface area contributed by atoms with E-state index in [1.54, 1.807) is 0 Å². The first-order valence-electron chi connectivity index (χ1n) is 3.76. The number of hydrogen-bond acceptors (Lipinski definition) is 2. The highest BCUT2D eigenvalue weighted by Gasteiger charge is 2.39. The maximum absolute atomic E-state index is 12.4. The SMILES string of the molecule is CC(F)(F)C(=O)N1CC[C@@H](O)C1. The summed E-state index contributed by atoms with van der Waals surface area (Å²) < 4.78 is 24.8. The Balaban J connectivity index is 2.55. The van der Waals surface area contributed by atoms with Gasteiger partial charge in [0.2, 0.25) is 0 Å². The Hall–Kier alpha value is -0.710. The molecule has 5 heteroatoms. The molecule has 1 atom stereocenters. The van der Waals surface area contributed by atoms with E-state index in [2.05, 4.69) is 0 Å². The molecule has 0 aliphatic carbocycles. The van der Waals surface area contributed by atoms with E-state index < -0.39 is 17.9 Å². The number of amides is 1. The van der Waals surface area contributed by atoms with Crippen molar-refractivity contribution in [3.05, 3.63) is 0 Å². The molecule has 1 fully saturated rings. The second-order valence-corrected chi connectivity index (χ2v) is 3.08. The fourth-order valence-electron chi connectivity index (χ4n) is 1.20. The summed E-state index contributed by atoms with van der Waals surface area (Å²) in [5.41, 5.74) is 0. The van der Waals surface area contributed by atoms with E-state index in [9.17, 15) is 13.6 Å². The lowest BCUT2D eigenvalue weighted by atomic mass is 10.3. The third-order valence-corrected chi connectivity index (χ3v) is 1.83. The van der Waals surface area contributed by atoms with E-state index in [1.807, 2.05) is 0 Å². The summed E-state index contributed by atoms with van der Waals surface area (Å²) >= 11 is 0. The smallest absolute Gasteiger partial charge is 0.322 e. The molecule has 1 amide bonds. The summed E-state index contributed by atoms with van der Waals surface area (Å²) in [4.78, 5) is 11.9. The van der Waals surface area contributed by atoms with E-state index in [4.69, 9.17) is 5.11 Å². The fraction of sp³-hybridized carbons (Fsp3) is 0.857. The number of nitrogens with zero attached hydrogens (tertiary/aromatic N) is 1. The standard InChI is InChI=1S/C7H11F2NO2/c1-7(8,9)6(12)10-3-2-5(11)4-10/h5,11H,2-4H2,1H3/t5-/m1/s1. The molecule has 1 rings (SSSR count). The van der Waals surface area contributed by atoms with Crippen molar-refractivity contribution in [3.8, 4) is 0 Å². The first-order chi connectivity index (χ1) is 5.41. The van der Waals surface area contributed by atoms with Crippen LogP contribution < -0.4 is 0 Å². The zero-order valence-electron chi connectivity index (χ0n) is 6.76. The zero-order valence-corrected chi connectivity index (χ0v) is 6.76. The van der Waals surface area contributed by atoms with Gasteiger partial charge in [0, 0.05) is 20.0 Å². The Morgan fingerprint density at radius 1 is 1.67 bits per heavy atom. The lowest BCUT2D eigenvalue weighted by Gasteiger charge is -2.19. The lowest BCUT2D eigenvalue weighted by molar-refractivity contribution is -0.154. The third-order valence-electron chi connectivity index (χ3n) is 1.83. The van der Waals surface area contributed by atoms with Crippen molar-refractivity contribution < 1.29 is 18.7 Å². The molecule has 1 aliphatic heterocycles. The Morgan fingerprint density at radius 2 is 2.25 bits per heavy atom. The number of alkyl halides is 2. The van der Waals surface area contributed by atoms with Crippen LogP contribution in [0.1, 0.15) is 13.3 Å². The minimum atomic E-state index is -3.32. The lowest BCUT2D eigenvalue weighted by Crippen LogP contribution is -2.40. The van der Waals surface area contributed by atoms with Gasteiger partial charge in [-0.05, 0) is 6.42 Å². The molecule has 1 saturated heterocycles.